The van der Waals surface area contributed by atoms with Gasteiger partial charge in [-0.2, -0.15) is 0 Å². The number of quaternary nitrogens is 1. The van der Waals surface area contributed by atoms with Crippen molar-refractivity contribution in [2.45, 2.75) is 12.8 Å². The Labute approximate surface area is 107 Å². The van der Waals surface area contributed by atoms with Gasteiger partial charge in [0.2, 0.25) is 0 Å². The van der Waals surface area contributed by atoms with E-state index in [4.69, 9.17) is 9.47 Å². The van der Waals surface area contributed by atoms with Gasteiger partial charge in [-0.3, -0.25) is 4.48 Å². The van der Waals surface area contributed by atoms with E-state index in [1.54, 1.807) is 14.2 Å². The lowest BCUT2D eigenvalue weighted by atomic mass is 10.4. The van der Waals surface area contributed by atoms with Crippen LogP contribution in [0, 0.1) is 0 Å². The van der Waals surface area contributed by atoms with Gasteiger partial charge in [-0.05, 0) is 0 Å². The molecule has 1 aliphatic heterocycles. The lowest BCUT2D eigenvalue weighted by molar-refractivity contribution is -0.00000472. The third-order valence-electron chi connectivity index (χ3n) is 2.98. The van der Waals surface area contributed by atoms with Crippen LogP contribution in [0.2, 0.25) is 0 Å². The van der Waals surface area contributed by atoms with Crippen LogP contribution in [0.3, 0.4) is 0 Å². The first-order valence-corrected chi connectivity index (χ1v) is 5.37. The van der Waals surface area contributed by atoms with Gasteiger partial charge in [0, 0.05) is 12.8 Å². The molecule has 0 aromatic carbocycles. The SMILES string of the molecule is COc1nc(OC)nc([N+]2(C)CCCC2)n1.[Cl-]. The smallest absolute Gasteiger partial charge is 0.338 e. The van der Waals surface area contributed by atoms with Crippen molar-refractivity contribution in [2.75, 3.05) is 34.4 Å². The Hall–Kier alpha value is -1.14. The minimum absolute atomic E-state index is 0. The number of nitrogens with zero attached hydrogens (tertiary/aromatic N) is 4. The highest BCUT2D eigenvalue weighted by atomic mass is 35.5. The van der Waals surface area contributed by atoms with Crippen molar-refractivity contribution in [3.05, 3.63) is 0 Å². The second-order valence-electron chi connectivity index (χ2n) is 4.16. The second-order valence-corrected chi connectivity index (χ2v) is 4.16. The number of halogens is 1. The van der Waals surface area contributed by atoms with Crippen molar-refractivity contribution < 1.29 is 21.9 Å². The Kier molecular flexibility index (Phi) is 4.47. The van der Waals surface area contributed by atoms with E-state index in [0.29, 0.717) is 12.0 Å². The molecule has 1 aromatic rings. The fourth-order valence-corrected chi connectivity index (χ4v) is 1.99. The Morgan fingerprint density at radius 3 is 1.82 bits per heavy atom. The first kappa shape index (κ1) is 13.9. The summed E-state index contributed by atoms with van der Waals surface area (Å²) in [5.74, 6) is 0.723. The molecule has 0 atom stereocenters. The van der Waals surface area contributed by atoms with Crippen molar-refractivity contribution in [2.24, 2.45) is 0 Å². The summed E-state index contributed by atoms with van der Waals surface area (Å²) < 4.78 is 10.8. The molecular weight excluding hydrogens is 244 g/mol. The highest BCUT2D eigenvalue weighted by Gasteiger charge is 2.34. The van der Waals surface area contributed by atoms with Crippen LogP contribution in [-0.2, 0) is 0 Å². The molecule has 0 aliphatic carbocycles. The van der Waals surface area contributed by atoms with Crippen molar-refractivity contribution in [3.63, 3.8) is 0 Å². The third kappa shape index (κ3) is 2.76. The monoisotopic (exact) mass is 260 g/mol. The molecule has 0 bridgehead atoms. The van der Waals surface area contributed by atoms with Crippen molar-refractivity contribution in [1.29, 1.82) is 0 Å². The predicted octanol–water partition coefficient (Wildman–Crippen LogP) is -2.38. The summed E-state index contributed by atoms with van der Waals surface area (Å²) in [5, 5.41) is 0. The normalized spacial score (nSPS) is 17.4. The Balaban J connectivity index is 0.00000144. The molecule has 6 nitrogen and oxygen atoms in total. The number of methoxy groups -OCH3 is 2. The molecule has 1 aromatic heterocycles. The lowest BCUT2D eigenvalue weighted by Gasteiger charge is -2.25. The fourth-order valence-electron chi connectivity index (χ4n) is 1.99. The Morgan fingerprint density at radius 1 is 0.941 bits per heavy atom. The molecular formula is C10H17ClN4O2. The van der Waals surface area contributed by atoms with E-state index in [0.717, 1.165) is 23.5 Å². The van der Waals surface area contributed by atoms with Gasteiger partial charge in [-0.15, -0.1) is 15.0 Å². The molecule has 0 amide bonds. The van der Waals surface area contributed by atoms with E-state index < -0.39 is 0 Å². The van der Waals surface area contributed by atoms with E-state index in [1.165, 1.54) is 12.8 Å². The van der Waals surface area contributed by atoms with Gasteiger partial charge < -0.3 is 21.9 Å². The molecule has 0 saturated carbocycles. The second kappa shape index (κ2) is 5.46. The molecule has 1 fully saturated rings. The predicted molar refractivity (Wildman–Crippen MR) is 59.6 cm³/mol. The maximum Gasteiger partial charge on any atom is 0.338 e. The average Bonchev–Trinajstić information content (AvgIpc) is 2.77. The van der Waals surface area contributed by atoms with Crippen LogP contribution in [0.15, 0.2) is 0 Å². The molecule has 2 rings (SSSR count). The molecule has 1 saturated heterocycles. The standard InChI is InChI=1S/C10H17N4O2.ClH/c1-14(6-4-5-7-14)8-11-9(15-2)13-10(12-8)16-3;/h4-7H2,1-3H3;1H/q+1;/p-1. The number of ether oxygens (including phenoxy) is 2. The number of rotatable bonds is 3. The van der Waals surface area contributed by atoms with Crippen LogP contribution in [0.4, 0.5) is 5.95 Å². The van der Waals surface area contributed by atoms with Crippen molar-refractivity contribution in [3.8, 4) is 12.0 Å². The molecule has 96 valence electrons. The summed E-state index contributed by atoms with van der Waals surface area (Å²) >= 11 is 0. The number of aromatic nitrogens is 3. The molecule has 17 heavy (non-hydrogen) atoms. The fraction of sp³-hybridized carbons (Fsp3) is 0.700. The minimum atomic E-state index is 0. The quantitative estimate of drug-likeness (QED) is 0.569. The largest absolute Gasteiger partial charge is 1.00 e. The van der Waals surface area contributed by atoms with Crippen molar-refractivity contribution >= 4 is 5.95 Å². The zero-order valence-electron chi connectivity index (χ0n) is 10.3. The van der Waals surface area contributed by atoms with Gasteiger partial charge in [0.1, 0.15) is 0 Å². The van der Waals surface area contributed by atoms with Gasteiger partial charge in [0.25, 0.3) is 0 Å². The molecule has 1 aliphatic rings. The van der Waals surface area contributed by atoms with E-state index in [2.05, 4.69) is 22.0 Å². The summed E-state index contributed by atoms with van der Waals surface area (Å²) in [5.41, 5.74) is 0. The zero-order valence-corrected chi connectivity index (χ0v) is 11.1. The lowest BCUT2D eigenvalue weighted by Crippen LogP contribution is -3.00. The average molecular weight is 261 g/mol. The zero-order chi connectivity index (χ0) is 11.6. The summed E-state index contributed by atoms with van der Waals surface area (Å²) in [7, 11) is 5.21. The first-order chi connectivity index (χ1) is 7.68. The van der Waals surface area contributed by atoms with Crippen LogP contribution in [0.5, 0.6) is 12.0 Å². The van der Waals surface area contributed by atoms with Crippen LogP contribution in [0.25, 0.3) is 0 Å². The summed E-state index contributed by atoms with van der Waals surface area (Å²) in [6.45, 7) is 2.10. The van der Waals surface area contributed by atoms with Crippen molar-refractivity contribution in [1.82, 2.24) is 19.4 Å². The number of likely N-dealkylation sites (tertiary alicyclic amines) is 1. The van der Waals surface area contributed by atoms with Crippen LogP contribution < -0.4 is 26.4 Å². The van der Waals surface area contributed by atoms with E-state index >= 15 is 0 Å². The van der Waals surface area contributed by atoms with Gasteiger partial charge >= 0.3 is 18.0 Å². The van der Waals surface area contributed by atoms with E-state index in [9.17, 15) is 0 Å². The number of hydrogen-bond donors (Lipinski definition) is 0. The molecule has 0 unspecified atom stereocenters. The topological polar surface area (TPSA) is 57.1 Å². The van der Waals surface area contributed by atoms with Gasteiger partial charge in [0.15, 0.2) is 0 Å². The van der Waals surface area contributed by atoms with E-state index in [-0.39, 0.29) is 12.4 Å². The highest BCUT2D eigenvalue weighted by molar-refractivity contribution is 5.28. The van der Waals surface area contributed by atoms with Crippen LogP contribution in [0.1, 0.15) is 12.8 Å². The highest BCUT2D eigenvalue weighted by Crippen LogP contribution is 2.25. The Bertz CT molecular complexity index is 360. The summed E-state index contributed by atoms with van der Waals surface area (Å²) in [4.78, 5) is 12.6. The molecule has 7 heteroatoms. The molecule has 0 N–H and O–H groups in total. The number of hydrogen-bond acceptors (Lipinski definition) is 5. The Morgan fingerprint density at radius 2 is 1.41 bits per heavy atom. The maximum atomic E-state index is 5.05. The van der Waals surface area contributed by atoms with E-state index in [1.807, 2.05) is 0 Å². The summed E-state index contributed by atoms with van der Waals surface area (Å²) in [6, 6.07) is 0.626. The third-order valence-corrected chi connectivity index (χ3v) is 2.98. The van der Waals surface area contributed by atoms with Gasteiger partial charge in [-0.25, -0.2) is 0 Å². The van der Waals surface area contributed by atoms with Crippen LogP contribution in [-0.4, -0.2) is 49.3 Å². The summed E-state index contributed by atoms with van der Waals surface area (Å²) in [6.07, 6.45) is 2.40. The molecule has 2 heterocycles. The molecule has 0 radical (unpaired) electrons. The van der Waals surface area contributed by atoms with Gasteiger partial charge in [-0.1, -0.05) is 0 Å². The first-order valence-electron chi connectivity index (χ1n) is 5.37. The molecule has 0 spiro atoms. The minimum Gasteiger partial charge on any atom is -1.00 e. The van der Waals surface area contributed by atoms with Crippen LogP contribution >= 0.6 is 0 Å². The van der Waals surface area contributed by atoms with Gasteiger partial charge in [0.05, 0.1) is 34.4 Å². The maximum absolute atomic E-state index is 5.05.